The van der Waals surface area contributed by atoms with Gasteiger partial charge in [0.2, 0.25) is 0 Å². The smallest absolute Gasteiger partial charge is 0.399 e. The van der Waals surface area contributed by atoms with E-state index in [1.807, 2.05) is 0 Å². The van der Waals surface area contributed by atoms with Gasteiger partial charge in [-0.2, -0.15) is 0 Å². The van der Waals surface area contributed by atoms with E-state index in [-0.39, 0.29) is 18.3 Å². The van der Waals surface area contributed by atoms with Crippen LogP contribution in [0.25, 0.3) is 21.5 Å². The third kappa shape index (κ3) is 2.65. The summed E-state index contributed by atoms with van der Waals surface area (Å²) in [5, 5.41) is 5.19. The molecule has 0 amide bonds. The summed E-state index contributed by atoms with van der Waals surface area (Å²) in [7, 11) is -0.326. The summed E-state index contributed by atoms with van der Waals surface area (Å²) in [5.74, 6) is 0.422. The molecule has 1 saturated heterocycles. The van der Waals surface area contributed by atoms with Crippen molar-refractivity contribution in [1.82, 2.24) is 0 Å². The first-order valence-corrected chi connectivity index (χ1v) is 9.50. The molecule has 2 nitrogen and oxygen atoms in total. The van der Waals surface area contributed by atoms with Crippen LogP contribution >= 0.6 is 0 Å². The van der Waals surface area contributed by atoms with E-state index in [0.29, 0.717) is 5.92 Å². The van der Waals surface area contributed by atoms with E-state index in [9.17, 15) is 0 Å². The van der Waals surface area contributed by atoms with Gasteiger partial charge >= 0.3 is 7.12 Å². The van der Waals surface area contributed by atoms with Crippen molar-refractivity contribution in [1.29, 1.82) is 0 Å². The van der Waals surface area contributed by atoms with Gasteiger partial charge in [0, 0.05) is 0 Å². The van der Waals surface area contributed by atoms with Crippen LogP contribution in [0.3, 0.4) is 0 Å². The molecule has 4 rings (SSSR count). The number of rotatable bonds is 2. The molecule has 0 aromatic heterocycles. The van der Waals surface area contributed by atoms with Crippen LogP contribution in [0.5, 0.6) is 0 Å². The minimum absolute atomic E-state index is 0.325. The molecule has 3 heteroatoms. The number of hydrogen-bond donors (Lipinski definition) is 0. The van der Waals surface area contributed by atoms with E-state index in [2.05, 4.69) is 90.1 Å². The van der Waals surface area contributed by atoms with Gasteiger partial charge in [-0.1, -0.05) is 62.4 Å². The maximum Gasteiger partial charge on any atom is 0.494 e. The Morgan fingerprint density at radius 1 is 0.808 bits per heavy atom. The molecular formula is C23H27BO2. The molecule has 1 aliphatic rings. The Bertz CT molecular complexity index is 972. The summed E-state index contributed by atoms with van der Waals surface area (Å²) in [5.41, 5.74) is 1.81. The van der Waals surface area contributed by atoms with Crippen molar-refractivity contribution in [3.05, 3.63) is 54.1 Å². The Labute approximate surface area is 156 Å². The molecule has 0 unspecified atom stereocenters. The molecular weight excluding hydrogens is 319 g/mol. The second-order valence-electron chi connectivity index (χ2n) is 8.74. The van der Waals surface area contributed by atoms with Crippen molar-refractivity contribution < 1.29 is 9.31 Å². The Balaban J connectivity index is 1.93. The lowest BCUT2D eigenvalue weighted by Gasteiger charge is -2.32. The van der Waals surface area contributed by atoms with Crippen LogP contribution in [0.2, 0.25) is 0 Å². The summed E-state index contributed by atoms with van der Waals surface area (Å²) in [6.45, 7) is 12.9. The van der Waals surface area contributed by atoms with Crippen LogP contribution in [0.15, 0.2) is 48.5 Å². The van der Waals surface area contributed by atoms with E-state index >= 15 is 0 Å². The first-order valence-electron chi connectivity index (χ1n) is 9.50. The SMILES string of the molecule is CC(C)c1cc(B2OC(C)(C)C(C)(C)O2)cc2ccc3ccccc3c12. The summed E-state index contributed by atoms with van der Waals surface area (Å²) >= 11 is 0. The lowest BCUT2D eigenvalue weighted by Crippen LogP contribution is -2.41. The van der Waals surface area contributed by atoms with E-state index < -0.39 is 0 Å². The zero-order chi connectivity index (χ0) is 18.7. The molecule has 3 aromatic carbocycles. The fraction of sp³-hybridized carbons (Fsp3) is 0.391. The fourth-order valence-electron chi connectivity index (χ4n) is 3.77. The minimum atomic E-state index is -0.326. The van der Waals surface area contributed by atoms with Gasteiger partial charge in [0.15, 0.2) is 0 Å². The van der Waals surface area contributed by atoms with Gasteiger partial charge in [-0.25, -0.2) is 0 Å². The highest BCUT2D eigenvalue weighted by Gasteiger charge is 2.51. The third-order valence-electron chi connectivity index (χ3n) is 6.04. The number of fused-ring (bicyclic) bond motifs is 3. The molecule has 0 atom stereocenters. The predicted octanol–water partition coefficient (Wildman–Crippen LogP) is 5.42. The average Bonchev–Trinajstić information content (AvgIpc) is 2.81. The highest BCUT2D eigenvalue weighted by atomic mass is 16.7. The van der Waals surface area contributed by atoms with Crippen molar-refractivity contribution >= 4 is 34.1 Å². The Morgan fingerprint density at radius 2 is 1.42 bits per heavy atom. The zero-order valence-corrected chi connectivity index (χ0v) is 16.6. The maximum absolute atomic E-state index is 6.30. The van der Waals surface area contributed by atoms with Crippen molar-refractivity contribution in [2.75, 3.05) is 0 Å². The maximum atomic E-state index is 6.30. The second-order valence-corrected chi connectivity index (χ2v) is 8.74. The molecule has 0 saturated carbocycles. The van der Waals surface area contributed by atoms with Gasteiger partial charge < -0.3 is 9.31 Å². The molecule has 3 aromatic rings. The van der Waals surface area contributed by atoms with E-state index in [0.717, 1.165) is 5.46 Å². The molecule has 0 bridgehead atoms. The van der Waals surface area contributed by atoms with Crippen molar-refractivity contribution in [3.8, 4) is 0 Å². The third-order valence-corrected chi connectivity index (χ3v) is 6.04. The molecule has 1 aliphatic heterocycles. The topological polar surface area (TPSA) is 18.5 Å². The van der Waals surface area contributed by atoms with Crippen LogP contribution in [0.1, 0.15) is 53.0 Å². The standard InChI is InChI=1S/C23H27BO2/c1-15(2)20-14-18(24-25-22(3,4)23(5,6)26-24)13-17-12-11-16-9-7-8-10-19(16)21(17)20/h7-15H,1-6H3. The van der Waals surface area contributed by atoms with Gasteiger partial charge in [-0.05, 0) is 66.2 Å². The van der Waals surface area contributed by atoms with Gasteiger partial charge in [-0.3, -0.25) is 0 Å². The average molecular weight is 346 g/mol. The molecule has 0 aliphatic carbocycles. The molecule has 26 heavy (non-hydrogen) atoms. The van der Waals surface area contributed by atoms with Crippen LogP contribution in [-0.4, -0.2) is 18.3 Å². The predicted molar refractivity (Wildman–Crippen MR) is 111 cm³/mol. The lowest BCUT2D eigenvalue weighted by molar-refractivity contribution is 0.00578. The number of benzene rings is 3. The monoisotopic (exact) mass is 346 g/mol. The molecule has 0 radical (unpaired) electrons. The summed E-state index contributed by atoms with van der Waals surface area (Å²) in [6, 6.07) is 17.6. The first-order chi connectivity index (χ1) is 12.2. The largest absolute Gasteiger partial charge is 0.494 e. The Morgan fingerprint density at radius 3 is 2.08 bits per heavy atom. The molecule has 0 N–H and O–H groups in total. The van der Waals surface area contributed by atoms with Crippen molar-refractivity contribution in [3.63, 3.8) is 0 Å². The summed E-state index contributed by atoms with van der Waals surface area (Å²) in [6.07, 6.45) is 0. The Hall–Kier alpha value is -1.84. The van der Waals surface area contributed by atoms with Crippen LogP contribution in [0.4, 0.5) is 0 Å². The van der Waals surface area contributed by atoms with Gasteiger partial charge in [0.1, 0.15) is 0 Å². The molecule has 0 spiro atoms. The highest BCUT2D eigenvalue weighted by Crippen LogP contribution is 2.38. The molecule has 1 fully saturated rings. The fourth-order valence-corrected chi connectivity index (χ4v) is 3.77. The van der Waals surface area contributed by atoms with E-state index in [1.165, 1.54) is 27.1 Å². The summed E-state index contributed by atoms with van der Waals surface area (Å²) in [4.78, 5) is 0. The minimum Gasteiger partial charge on any atom is -0.399 e. The van der Waals surface area contributed by atoms with E-state index in [4.69, 9.17) is 9.31 Å². The highest BCUT2D eigenvalue weighted by molar-refractivity contribution is 6.62. The van der Waals surface area contributed by atoms with E-state index in [1.54, 1.807) is 0 Å². The first kappa shape index (κ1) is 17.6. The second kappa shape index (κ2) is 5.83. The van der Waals surface area contributed by atoms with Crippen molar-refractivity contribution in [2.24, 2.45) is 0 Å². The summed E-state index contributed by atoms with van der Waals surface area (Å²) < 4.78 is 12.6. The van der Waals surface area contributed by atoms with Gasteiger partial charge in [-0.15, -0.1) is 0 Å². The zero-order valence-electron chi connectivity index (χ0n) is 16.6. The van der Waals surface area contributed by atoms with Crippen LogP contribution in [0, 0.1) is 0 Å². The van der Waals surface area contributed by atoms with Gasteiger partial charge in [0.25, 0.3) is 0 Å². The molecule has 1 heterocycles. The van der Waals surface area contributed by atoms with Gasteiger partial charge in [0.05, 0.1) is 11.2 Å². The number of hydrogen-bond acceptors (Lipinski definition) is 2. The quantitative estimate of drug-likeness (QED) is 0.456. The Kier molecular flexibility index (Phi) is 3.94. The normalized spacial score (nSPS) is 19.0. The van der Waals surface area contributed by atoms with Crippen LogP contribution in [-0.2, 0) is 9.31 Å². The lowest BCUT2D eigenvalue weighted by atomic mass is 9.75. The van der Waals surface area contributed by atoms with Crippen molar-refractivity contribution in [2.45, 2.75) is 58.7 Å². The molecule has 134 valence electrons. The van der Waals surface area contributed by atoms with Crippen LogP contribution < -0.4 is 5.46 Å².